The van der Waals surface area contributed by atoms with Gasteiger partial charge < -0.3 is 15.9 Å². The molecule has 0 aromatic rings. The first-order valence-electron chi connectivity index (χ1n) is 8.89. The molecule has 8 atom stereocenters. The quantitative estimate of drug-likeness (QED) is 0.644. The van der Waals surface area contributed by atoms with E-state index in [1.807, 2.05) is 0 Å². The minimum absolute atomic E-state index is 0.0125. The van der Waals surface area contributed by atoms with Gasteiger partial charge in [0.05, 0.1) is 12.2 Å². The van der Waals surface area contributed by atoms with E-state index in [4.69, 9.17) is 5.73 Å². The Morgan fingerprint density at radius 1 is 1.14 bits per heavy atom. The van der Waals surface area contributed by atoms with Crippen molar-refractivity contribution < 1.29 is 10.2 Å². The summed E-state index contributed by atoms with van der Waals surface area (Å²) in [7, 11) is 0. The molecule has 4 aliphatic carbocycles. The van der Waals surface area contributed by atoms with Crippen LogP contribution in [-0.2, 0) is 0 Å². The predicted molar refractivity (Wildman–Crippen MR) is 86.7 cm³/mol. The van der Waals surface area contributed by atoms with Crippen LogP contribution in [0.2, 0.25) is 0 Å². The lowest BCUT2D eigenvalue weighted by Gasteiger charge is -2.59. The smallest absolute Gasteiger partial charge is 0.0596 e. The summed E-state index contributed by atoms with van der Waals surface area (Å²) in [5, 5.41) is 21.4. The number of aliphatic hydroxyl groups excluding tert-OH is 2. The van der Waals surface area contributed by atoms with Crippen LogP contribution in [0.25, 0.3) is 0 Å². The molecule has 0 bridgehead atoms. The highest BCUT2D eigenvalue weighted by Gasteiger charge is 2.61. The molecule has 4 aliphatic rings. The van der Waals surface area contributed by atoms with Crippen molar-refractivity contribution in [3.8, 4) is 0 Å². The molecule has 0 saturated heterocycles. The highest BCUT2D eigenvalue weighted by molar-refractivity contribution is 5.29. The molecule has 3 saturated carbocycles. The van der Waals surface area contributed by atoms with Crippen LogP contribution in [0.5, 0.6) is 0 Å². The number of hydrogen-bond donors (Lipinski definition) is 3. The van der Waals surface area contributed by atoms with Gasteiger partial charge in [0.1, 0.15) is 0 Å². The molecule has 0 aromatic heterocycles. The maximum absolute atomic E-state index is 10.9. The van der Waals surface area contributed by atoms with Gasteiger partial charge >= 0.3 is 0 Å². The Balaban J connectivity index is 1.72. The molecule has 0 amide bonds. The van der Waals surface area contributed by atoms with Crippen LogP contribution < -0.4 is 5.73 Å². The van der Waals surface area contributed by atoms with E-state index in [-0.39, 0.29) is 23.0 Å². The highest BCUT2D eigenvalue weighted by atomic mass is 16.3. The summed E-state index contributed by atoms with van der Waals surface area (Å²) in [6.07, 6.45) is 11.1. The minimum Gasteiger partial charge on any atom is -0.399 e. The Labute approximate surface area is 133 Å². The van der Waals surface area contributed by atoms with E-state index in [9.17, 15) is 10.2 Å². The molecule has 22 heavy (non-hydrogen) atoms. The van der Waals surface area contributed by atoms with Gasteiger partial charge in [0.2, 0.25) is 0 Å². The molecule has 1 unspecified atom stereocenters. The van der Waals surface area contributed by atoms with Gasteiger partial charge in [-0.3, -0.25) is 0 Å². The van der Waals surface area contributed by atoms with Crippen molar-refractivity contribution in [3.63, 3.8) is 0 Å². The number of fused-ring (bicyclic) bond motifs is 5. The first-order chi connectivity index (χ1) is 10.4. The molecule has 0 heterocycles. The van der Waals surface area contributed by atoms with Crippen molar-refractivity contribution in [2.45, 2.75) is 58.2 Å². The SMILES string of the molecule is C[C@]12CC[C@H]3[C@@H]([C@@H](O)CC4C=C(N)C=C[C@@]43C)[C@@H]1CC[C@@H]2O. The number of rotatable bonds is 0. The number of nitrogens with two attached hydrogens (primary N) is 1. The van der Waals surface area contributed by atoms with E-state index in [0.717, 1.165) is 37.8 Å². The Bertz CT molecular complexity index is 542. The van der Waals surface area contributed by atoms with Gasteiger partial charge in [-0.1, -0.05) is 26.0 Å². The van der Waals surface area contributed by atoms with E-state index in [0.29, 0.717) is 23.7 Å². The van der Waals surface area contributed by atoms with Gasteiger partial charge in [-0.2, -0.15) is 0 Å². The van der Waals surface area contributed by atoms with Crippen LogP contribution in [0, 0.1) is 34.5 Å². The Morgan fingerprint density at radius 3 is 2.68 bits per heavy atom. The molecule has 4 rings (SSSR count). The number of allylic oxidation sites excluding steroid dienone is 3. The maximum Gasteiger partial charge on any atom is 0.0596 e. The zero-order valence-corrected chi connectivity index (χ0v) is 13.7. The Hall–Kier alpha value is -0.800. The van der Waals surface area contributed by atoms with Crippen LogP contribution in [0.1, 0.15) is 46.0 Å². The molecule has 0 aromatic carbocycles. The summed E-state index contributed by atoms with van der Waals surface area (Å²) in [5.74, 6) is 1.65. The van der Waals surface area contributed by atoms with Crippen molar-refractivity contribution >= 4 is 0 Å². The van der Waals surface area contributed by atoms with Crippen LogP contribution in [0.3, 0.4) is 0 Å². The highest BCUT2D eigenvalue weighted by Crippen LogP contribution is 2.64. The standard InChI is InChI=1S/C19H29NO2/c1-18-7-5-12(20)9-11(18)10-15(21)17-13-3-4-16(22)19(13,2)8-6-14(17)18/h5,7,9,11,13-17,21-22H,3-4,6,8,10,20H2,1-2H3/t11?,13-,14-,15-,16-,17-,18-,19-/m0/s1. The summed E-state index contributed by atoms with van der Waals surface area (Å²) < 4.78 is 0. The summed E-state index contributed by atoms with van der Waals surface area (Å²) >= 11 is 0. The third-order valence-electron chi connectivity index (χ3n) is 7.85. The summed E-state index contributed by atoms with van der Waals surface area (Å²) in [4.78, 5) is 0. The van der Waals surface area contributed by atoms with Gasteiger partial charge in [0, 0.05) is 5.70 Å². The van der Waals surface area contributed by atoms with Crippen molar-refractivity contribution in [1.29, 1.82) is 0 Å². The lowest BCUT2D eigenvalue weighted by molar-refractivity contribution is -0.137. The fraction of sp³-hybridized carbons (Fsp3) is 0.789. The molecule has 0 aliphatic heterocycles. The molecule has 0 radical (unpaired) electrons. The van der Waals surface area contributed by atoms with Gasteiger partial charge in [0.15, 0.2) is 0 Å². The van der Waals surface area contributed by atoms with E-state index in [1.54, 1.807) is 0 Å². The van der Waals surface area contributed by atoms with Crippen molar-refractivity contribution in [1.82, 2.24) is 0 Å². The second-order valence-corrected chi connectivity index (χ2v) is 8.70. The van der Waals surface area contributed by atoms with Gasteiger partial charge in [0.25, 0.3) is 0 Å². The number of aliphatic hydroxyl groups is 2. The Morgan fingerprint density at radius 2 is 1.91 bits per heavy atom. The second kappa shape index (κ2) is 4.61. The molecule has 3 heteroatoms. The van der Waals surface area contributed by atoms with Crippen LogP contribution >= 0.6 is 0 Å². The van der Waals surface area contributed by atoms with Crippen molar-refractivity contribution in [2.24, 2.45) is 40.2 Å². The Kier molecular flexibility index (Phi) is 3.09. The first-order valence-corrected chi connectivity index (χ1v) is 8.89. The van der Waals surface area contributed by atoms with E-state index in [1.165, 1.54) is 0 Å². The van der Waals surface area contributed by atoms with Crippen LogP contribution in [-0.4, -0.2) is 22.4 Å². The normalized spacial score (nSPS) is 56.8. The lowest BCUT2D eigenvalue weighted by atomic mass is 9.46. The van der Waals surface area contributed by atoms with Crippen LogP contribution in [0.15, 0.2) is 23.9 Å². The van der Waals surface area contributed by atoms with E-state index >= 15 is 0 Å². The molecule has 0 spiro atoms. The molecule has 122 valence electrons. The first kappa shape index (κ1) is 14.8. The summed E-state index contributed by atoms with van der Waals surface area (Å²) in [6.45, 7) is 4.61. The summed E-state index contributed by atoms with van der Waals surface area (Å²) in [6, 6.07) is 0. The minimum atomic E-state index is -0.256. The predicted octanol–water partition coefficient (Wildman–Crippen LogP) is 2.59. The topological polar surface area (TPSA) is 66.5 Å². The second-order valence-electron chi connectivity index (χ2n) is 8.70. The third-order valence-corrected chi connectivity index (χ3v) is 7.85. The maximum atomic E-state index is 10.9. The van der Waals surface area contributed by atoms with Gasteiger partial charge in [-0.15, -0.1) is 0 Å². The molecule has 3 nitrogen and oxygen atoms in total. The largest absolute Gasteiger partial charge is 0.399 e. The average molecular weight is 303 g/mol. The molecule has 3 fully saturated rings. The zero-order valence-electron chi connectivity index (χ0n) is 13.7. The monoisotopic (exact) mass is 303 g/mol. The van der Waals surface area contributed by atoms with Gasteiger partial charge in [-0.05, 0) is 72.7 Å². The average Bonchev–Trinajstić information content (AvgIpc) is 2.77. The molecular formula is C19H29NO2. The zero-order chi connectivity index (χ0) is 15.7. The van der Waals surface area contributed by atoms with E-state index in [2.05, 4.69) is 32.1 Å². The van der Waals surface area contributed by atoms with Crippen molar-refractivity contribution in [3.05, 3.63) is 23.9 Å². The fourth-order valence-corrected chi connectivity index (χ4v) is 6.43. The van der Waals surface area contributed by atoms with Crippen LogP contribution in [0.4, 0.5) is 0 Å². The molecular weight excluding hydrogens is 274 g/mol. The van der Waals surface area contributed by atoms with Gasteiger partial charge in [-0.25, -0.2) is 0 Å². The molecule has 4 N–H and O–H groups in total. The van der Waals surface area contributed by atoms with E-state index < -0.39 is 0 Å². The fourth-order valence-electron chi connectivity index (χ4n) is 6.43. The lowest BCUT2D eigenvalue weighted by Crippen LogP contribution is -2.57. The number of hydrogen-bond acceptors (Lipinski definition) is 3. The third kappa shape index (κ3) is 1.75. The van der Waals surface area contributed by atoms with Crippen molar-refractivity contribution in [2.75, 3.05) is 0 Å². The summed E-state index contributed by atoms with van der Waals surface area (Å²) in [5.41, 5.74) is 6.96.